The van der Waals surface area contributed by atoms with Crippen LogP contribution in [0.5, 0.6) is 0 Å². The monoisotopic (exact) mass is 284 g/mol. The van der Waals surface area contributed by atoms with Gasteiger partial charge in [-0.2, -0.15) is 5.26 Å². The summed E-state index contributed by atoms with van der Waals surface area (Å²) < 4.78 is 0. The maximum absolute atomic E-state index is 12.4. The minimum Gasteiger partial charge on any atom is -0.324 e. The minimum atomic E-state index is -0.0625. The Balaban J connectivity index is 1.62. The highest BCUT2D eigenvalue weighted by atomic mass is 16.2. The van der Waals surface area contributed by atoms with E-state index in [4.69, 9.17) is 5.26 Å². The standard InChI is InChI=1S/C16H20N4O/c17-10-13-3-1-4-14(9-13)19-15(21)20-8-6-16(12-20)5-2-7-18-11-16/h1,3-4,9,18H,2,5-8,11-12H2,(H,19,21)/t16-/m1/s1. The van der Waals surface area contributed by atoms with E-state index in [0.717, 1.165) is 32.6 Å². The second-order valence-corrected chi connectivity index (χ2v) is 6.07. The number of hydrogen-bond acceptors (Lipinski definition) is 3. The van der Waals surface area contributed by atoms with Gasteiger partial charge in [0.25, 0.3) is 0 Å². The lowest BCUT2D eigenvalue weighted by atomic mass is 9.80. The molecule has 2 amide bonds. The van der Waals surface area contributed by atoms with Gasteiger partial charge in [-0.05, 0) is 44.0 Å². The highest BCUT2D eigenvalue weighted by Crippen LogP contribution is 2.36. The van der Waals surface area contributed by atoms with Crippen LogP contribution in [0.15, 0.2) is 24.3 Å². The van der Waals surface area contributed by atoms with E-state index in [9.17, 15) is 4.79 Å². The van der Waals surface area contributed by atoms with E-state index >= 15 is 0 Å². The van der Waals surface area contributed by atoms with Crippen molar-refractivity contribution in [2.75, 3.05) is 31.5 Å². The molecule has 1 aromatic carbocycles. The number of nitriles is 1. The van der Waals surface area contributed by atoms with E-state index in [1.54, 1.807) is 18.2 Å². The molecule has 110 valence electrons. The van der Waals surface area contributed by atoms with Gasteiger partial charge in [-0.1, -0.05) is 6.07 Å². The van der Waals surface area contributed by atoms with Crippen LogP contribution in [0.2, 0.25) is 0 Å². The molecule has 0 aliphatic carbocycles. The van der Waals surface area contributed by atoms with Gasteiger partial charge in [-0.3, -0.25) is 0 Å². The van der Waals surface area contributed by atoms with Gasteiger partial charge in [0, 0.05) is 30.7 Å². The molecule has 1 spiro atoms. The fourth-order valence-electron chi connectivity index (χ4n) is 3.36. The summed E-state index contributed by atoms with van der Waals surface area (Å²) in [7, 11) is 0. The molecule has 0 unspecified atom stereocenters. The topological polar surface area (TPSA) is 68.2 Å². The summed E-state index contributed by atoms with van der Waals surface area (Å²) in [4.78, 5) is 14.2. The fourth-order valence-corrected chi connectivity index (χ4v) is 3.36. The number of rotatable bonds is 1. The van der Waals surface area contributed by atoms with Crippen molar-refractivity contribution in [2.24, 2.45) is 5.41 Å². The van der Waals surface area contributed by atoms with Gasteiger partial charge in [0.05, 0.1) is 11.6 Å². The summed E-state index contributed by atoms with van der Waals surface area (Å²) in [6.07, 6.45) is 3.47. The quantitative estimate of drug-likeness (QED) is 0.830. The van der Waals surface area contributed by atoms with Crippen LogP contribution < -0.4 is 10.6 Å². The zero-order valence-corrected chi connectivity index (χ0v) is 12.1. The van der Waals surface area contributed by atoms with E-state index in [0.29, 0.717) is 11.3 Å². The van der Waals surface area contributed by atoms with E-state index in [1.807, 2.05) is 11.0 Å². The van der Waals surface area contributed by atoms with Crippen LogP contribution in [-0.2, 0) is 0 Å². The van der Waals surface area contributed by atoms with Crippen LogP contribution >= 0.6 is 0 Å². The number of carbonyl (C=O) groups is 1. The first-order valence-corrected chi connectivity index (χ1v) is 7.48. The molecule has 21 heavy (non-hydrogen) atoms. The first-order chi connectivity index (χ1) is 10.2. The summed E-state index contributed by atoms with van der Waals surface area (Å²) >= 11 is 0. The van der Waals surface area contributed by atoms with Crippen molar-refractivity contribution < 1.29 is 4.79 Å². The molecule has 0 aromatic heterocycles. The zero-order chi connectivity index (χ0) is 14.7. The maximum atomic E-state index is 12.4. The van der Waals surface area contributed by atoms with Gasteiger partial charge in [0.15, 0.2) is 0 Å². The van der Waals surface area contributed by atoms with E-state index in [2.05, 4.69) is 16.7 Å². The smallest absolute Gasteiger partial charge is 0.321 e. The predicted octanol–water partition coefficient (Wildman–Crippen LogP) is 2.17. The van der Waals surface area contributed by atoms with Gasteiger partial charge >= 0.3 is 6.03 Å². The molecule has 1 aromatic rings. The normalized spacial score (nSPS) is 24.8. The first kappa shape index (κ1) is 13.9. The van der Waals surface area contributed by atoms with E-state index in [-0.39, 0.29) is 11.4 Å². The molecule has 3 rings (SSSR count). The van der Waals surface area contributed by atoms with Crippen LogP contribution in [0.1, 0.15) is 24.8 Å². The molecule has 2 saturated heterocycles. The summed E-state index contributed by atoms with van der Waals surface area (Å²) in [6.45, 7) is 3.74. The molecule has 2 aliphatic heterocycles. The maximum Gasteiger partial charge on any atom is 0.321 e. The van der Waals surface area contributed by atoms with Crippen molar-refractivity contribution in [3.05, 3.63) is 29.8 Å². The molecular weight excluding hydrogens is 264 g/mol. The van der Waals surface area contributed by atoms with Gasteiger partial charge in [-0.15, -0.1) is 0 Å². The molecule has 2 heterocycles. The SMILES string of the molecule is N#Cc1cccc(NC(=O)N2CC[C@@]3(CCCNC3)C2)c1. The average molecular weight is 284 g/mol. The fraction of sp³-hybridized carbons (Fsp3) is 0.500. The van der Waals surface area contributed by atoms with Crippen molar-refractivity contribution in [1.29, 1.82) is 5.26 Å². The molecule has 2 N–H and O–H groups in total. The minimum absolute atomic E-state index is 0.0625. The van der Waals surface area contributed by atoms with Crippen molar-refractivity contribution in [3.8, 4) is 6.07 Å². The third-order valence-electron chi connectivity index (χ3n) is 4.53. The number of hydrogen-bond donors (Lipinski definition) is 2. The third-order valence-corrected chi connectivity index (χ3v) is 4.53. The van der Waals surface area contributed by atoms with Crippen molar-refractivity contribution in [2.45, 2.75) is 19.3 Å². The Morgan fingerprint density at radius 1 is 1.43 bits per heavy atom. The van der Waals surface area contributed by atoms with Gasteiger partial charge in [0.1, 0.15) is 0 Å². The Hall–Kier alpha value is -2.06. The van der Waals surface area contributed by atoms with Gasteiger partial charge in [-0.25, -0.2) is 4.79 Å². The van der Waals surface area contributed by atoms with Crippen LogP contribution in [0, 0.1) is 16.7 Å². The second-order valence-electron chi connectivity index (χ2n) is 6.07. The number of piperidine rings is 1. The van der Waals surface area contributed by atoms with Crippen LogP contribution in [0.25, 0.3) is 0 Å². The molecule has 0 bridgehead atoms. The Morgan fingerprint density at radius 3 is 3.10 bits per heavy atom. The zero-order valence-electron chi connectivity index (χ0n) is 12.1. The van der Waals surface area contributed by atoms with Crippen molar-refractivity contribution in [3.63, 3.8) is 0 Å². The Kier molecular flexibility index (Phi) is 3.80. The van der Waals surface area contributed by atoms with Crippen LogP contribution in [0.3, 0.4) is 0 Å². The Morgan fingerprint density at radius 2 is 2.33 bits per heavy atom. The van der Waals surface area contributed by atoms with Crippen LogP contribution in [0.4, 0.5) is 10.5 Å². The van der Waals surface area contributed by atoms with E-state index < -0.39 is 0 Å². The number of anilines is 1. The molecule has 0 saturated carbocycles. The van der Waals surface area contributed by atoms with Crippen LogP contribution in [-0.4, -0.2) is 37.1 Å². The highest BCUT2D eigenvalue weighted by molar-refractivity contribution is 5.89. The lowest BCUT2D eigenvalue weighted by molar-refractivity contribution is 0.195. The molecule has 5 nitrogen and oxygen atoms in total. The summed E-state index contributed by atoms with van der Waals surface area (Å²) in [5, 5.41) is 15.2. The molecule has 2 fully saturated rings. The molecule has 2 aliphatic rings. The van der Waals surface area contributed by atoms with Gasteiger partial charge in [0.2, 0.25) is 0 Å². The number of nitrogens with one attached hydrogen (secondary N) is 2. The third kappa shape index (κ3) is 3.01. The van der Waals surface area contributed by atoms with Crippen molar-refractivity contribution in [1.82, 2.24) is 10.2 Å². The number of carbonyl (C=O) groups excluding carboxylic acids is 1. The molecule has 0 radical (unpaired) electrons. The number of urea groups is 1. The van der Waals surface area contributed by atoms with Crippen molar-refractivity contribution >= 4 is 11.7 Å². The first-order valence-electron chi connectivity index (χ1n) is 7.48. The summed E-state index contributed by atoms with van der Waals surface area (Å²) in [5.74, 6) is 0. The lowest BCUT2D eigenvalue weighted by Crippen LogP contribution is -2.43. The molecule has 5 heteroatoms. The average Bonchev–Trinajstić information content (AvgIpc) is 2.92. The number of likely N-dealkylation sites (tertiary alicyclic amines) is 1. The van der Waals surface area contributed by atoms with E-state index in [1.165, 1.54) is 12.8 Å². The largest absolute Gasteiger partial charge is 0.324 e. The van der Waals surface area contributed by atoms with Gasteiger partial charge < -0.3 is 15.5 Å². The predicted molar refractivity (Wildman–Crippen MR) is 80.9 cm³/mol. The second kappa shape index (κ2) is 5.74. The number of nitrogens with zero attached hydrogens (tertiary/aromatic N) is 2. The summed E-state index contributed by atoms with van der Waals surface area (Å²) in [6, 6.07) is 9.05. The number of benzene rings is 1. The molecular formula is C16H20N4O. The Bertz CT molecular complexity index is 572. The number of amides is 2. The Labute approximate surface area is 124 Å². The highest BCUT2D eigenvalue weighted by Gasteiger charge is 2.40. The lowest BCUT2D eigenvalue weighted by Gasteiger charge is -2.33. The summed E-state index contributed by atoms with van der Waals surface area (Å²) in [5.41, 5.74) is 1.51. The molecule has 1 atom stereocenters.